The van der Waals surface area contributed by atoms with Crippen LogP contribution in [-0.2, 0) is 0 Å². The van der Waals surface area contributed by atoms with Crippen LogP contribution in [0.5, 0.6) is 0 Å². The van der Waals surface area contributed by atoms with Crippen molar-refractivity contribution in [2.75, 3.05) is 18.0 Å². The molecule has 1 aromatic rings. The summed E-state index contributed by atoms with van der Waals surface area (Å²) in [6.07, 6.45) is 2.18. The van der Waals surface area contributed by atoms with Gasteiger partial charge in [0.25, 0.3) is 0 Å². The van der Waals surface area contributed by atoms with Gasteiger partial charge in [0.15, 0.2) is 0 Å². The van der Waals surface area contributed by atoms with Crippen molar-refractivity contribution in [1.29, 1.82) is 0 Å². The standard InChI is InChI=1S/C10H10BrF2N/c11-10-8(13)5-7(12)6-9(10)14-3-1-2-4-14/h5-6H,1-4H2. The van der Waals surface area contributed by atoms with E-state index in [2.05, 4.69) is 15.9 Å². The molecule has 0 amide bonds. The zero-order chi connectivity index (χ0) is 10.1. The van der Waals surface area contributed by atoms with Crippen LogP contribution >= 0.6 is 15.9 Å². The largest absolute Gasteiger partial charge is 0.370 e. The molecule has 76 valence electrons. The summed E-state index contributed by atoms with van der Waals surface area (Å²) >= 11 is 3.14. The Morgan fingerprint density at radius 3 is 2.43 bits per heavy atom. The Morgan fingerprint density at radius 1 is 1.14 bits per heavy atom. The monoisotopic (exact) mass is 261 g/mol. The Hall–Kier alpha value is -0.640. The average Bonchev–Trinajstić information content (AvgIpc) is 2.63. The van der Waals surface area contributed by atoms with Crippen LogP contribution in [0.25, 0.3) is 0 Å². The lowest BCUT2D eigenvalue weighted by atomic mass is 10.3. The molecule has 1 nitrogen and oxygen atoms in total. The molecule has 0 N–H and O–H groups in total. The minimum atomic E-state index is -0.535. The minimum absolute atomic E-state index is 0.362. The number of hydrogen-bond acceptors (Lipinski definition) is 1. The third-order valence-electron chi connectivity index (χ3n) is 2.42. The molecule has 1 saturated heterocycles. The van der Waals surface area contributed by atoms with Gasteiger partial charge in [-0.15, -0.1) is 0 Å². The highest BCUT2D eigenvalue weighted by molar-refractivity contribution is 9.10. The summed E-state index contributed by atoms with van der Waals surface area (Å²) in [4.78, 5) is 2.00. The molecule has 1 fully saturated rings. The Bertz CT molecular complexity index is 348. The Morgan fingerprint density at radius 2 is 1.79 bits per heavy atom. The molecule has 1 aromatic carbocycles. The normalized spacial score (nSPS) is 16.4. The molecule has 14 heavy (non-hydrogen) atoms. The van der Waals surface area contributed by atoms with Crippen LogP contribution in [-0.4, -0.2) is 13.1 Å². The van der Waals surface area contributed by atoms with E-state index in [9.17, 15) is 8.78 Å². The van der Waals surface area contributed by atoms with E-state index in [1.54, 1.807) is 0 Å². The molecular formula is C10H10BrF2N. The van der Waals surface area contributed by atoms with E-state index in [1.807, 2.05) is 4.90 Å². The summed E-state index contributed by atoms with van der Waals surface area (Å²) in [7, 11) is 0. The maximum absolute atomic E-state index is 13.2. The number of anilines is 1. The fraction of sp³-hybridized carbons (Fsp3) is 0.400. The van der Waals surface area contributed by atoms with Gasteiger partial charge in [0, 0.05) is 19.2 Å². The van der Waals surface area contributed by atoms with E-state index < -0.39 is 11.6 Å². The van der Waals surface area contributed by atoms with Crippen LogP contribution in [0, 0.1) is 11.6 Å². The van der Waals surface area contributed by atoms with Gasteiger partial charge in [0.2, 0.25) is 0 Å². The smallest absolute Gasteiger partial charge is 0.142 e. The number of rotatable bonds is 1. The van der Waals surface area contributed by atoms with Gasteiger partial charge < -0.3 is 4.90 Å². The molecule has 0 saturated carbocycles. The molecule has 4 heteroatoms. The van der Waals surface area contributed by atoms with Crippen LogP contribution in [0.3, 0.4) is 0 Å². The fourth-order valence-electron chi connectivity index (χ4n) is 1.73. The van der Waals surface area contributed by atoms with Crippen molar-refractivity contribution in [1.82, 2.24) is 0 Å². The third-order valence-corrected chi connectivity index (χ3v) is 3.21. The Balaban J connectivity index is 2.40. The van der Waals surface area contributed by atoms with Gasteiger partial charge in [0.1, 0.15) is 11.6 Å². The predicted molar refractivity (Wildman–Crippen MR) is 55.5 cm³/mol. The number of nitrogens with zero attached hydrogens (tertiary/aromatic N) is 1. The molecule has 0 aromatic heterocycles. The van der Waals surface area contributed by atoms with E-state index in [4.69, 9.17) is 0 Å². The Labute approximate surface area is 89.8 Å². The minimum Gasteiger partial charge on any atom is -0.370 e. The molecule has 0 spiro atoms. The lowest BCUT2D eigenvalue weighted by Gasteiger charge is -2.19. The SMILES string of the molecule is Fc1cc(F)c(Br)c(N2CCCC2)c1. The second kappa shape index (κ2) is 3.85. The van der Waals surface area contributed by atoms with Crippen molar-refractivity contribution in [3.8, 4) is 0 Å². The van der Waals surface area contributed by atoms with E-state index in [0.717, 1.165) is 32.0 Å². The predicted octanol–water partition coefficient (Wildman–Crippen LogP) is 3.33. The lowest BCUT2D eigenvalue weighted by Crippen LogP contribution is -2.18. The average molecular weight is 262 g/mol. The van der Waals surface area contributed by atoms with Gasteiger partial charge in [-0.25, -0.2) is 8.78 Å². The molecule has 0 unspecified atom stereocenters. The van der Waals surface area contributed by atoms with Crippen LogP contribution in [0.15, 0.2) is 16.6 Å². The zero-order valence-corrected chi connectivity index (χ0v) is 9.15. The highest BCUT2D eigenvalue weighted by Gasteiger charge is 2.18. The topological polar surface area (TPSA) is 3.24 Å². The van der Waals surface area contributed by atoms with Crippen molar-refractivity contribution < 1.29 is 8.78 Å². The number of hydrogen-bond donors (Lipinski definition) is 0. The molecule has 0 atom stereocenters. The van der Waals surface area contributed by atoms with Crippen LogP contribution in [0.2, 0.25) is 0 Å². The summed E-state index contributed by atoms with van der Waals surface area (Å²) < 4.78 is 26.5. The summed E-state index contributed by atoms with van der Waals surface area (Å²) in [5.41, 5.74) is 0.625. The first-order valence-electron chi connectivity index (χ1n) is 4.58. The molecule has 0 aliphatic carbocycles. The molecule has 1 aliphatic rings. The lowest BCUT2D eigenvalue weighted by molar-refractivity contribution is 0.578. The van der Waals surface area contributed by atoms with Crippen LogP contribution in [0.1, 0.15) is 12.8 Å². The molecule has 0 bridgehead atoms. The van der Waals surface area contributed by atoms with E-state index in [-0.39, 0.29) is 0 Å². The van der Waals surface area contributed by atoms with Crippen LogP contribution < -0.4 is 4.90 Å². The van der Waals surface area contributed by atoms with Gasteiger partial charge >= 0.3 is 0 Å². The molecular weight excluding hydrogens is 252 g/mol. The first-order valence-corrected chi connectivity index (χ1v) is 5.37. The summed E-state index contributed by atoms with van der Waals surface area (Å²) in [6.45, 7) is 1.75. The first-order chi connectivity index (χ1) is 6.68. The highest BCUT2D eigenvalue weighted by atomic mass is 79.9. The first kappa shape index (κ1) is 9.90. The fourth-order valence-corrected chi connectivity index (χ4v) is 2.21. The van der Waals surface area contributed by atoms with Gasteiger partial charge in [-0.3, -0.25) is 0 Å². The molecule has 2 rings (SSSR count). The maximum Gasteiger partial charge on any atom is 0.142 e. The van der Waals surface area contributed by atoms with E-state index in [1.165, 1.54) is 6.07 Å². The van der Waals surface area contributed by atoms with Crippen molar-refractivity contribution >= 4 is 21.6 Å². The van der Waals surface area contributed by atoms with Crippen molar-refractivity contribution in [3.63, 3.8) is 0 Å². The zero-order valence-electron chi connectivity index (χ0n) is 7.56. The molecule has 1 heterocycles. The third kappa shape index (κ3) is 1.75. The quantitative estimate of drug-likeness (QED) is 0.702. The van der Waals surface area contributed by atoms with E-state index in [0.29, 0.717) is 10.2 Å². The van der Waals surface area contributed by atoms with Crippen molar-refractivity contribution in [3.05, 3.63) is 28.2 Å². The highest BCUT2D eigenvalue weighted by Crippen LogP contribution is 2.31. The summed E-state index contributed by atoms with van der Waals surface area (Å²) in [6, 6.07) is 2.27. The van der Waals surface area contributed by atoms with Gasteiger partial charge in [-0.05, 0) is 34.8 Å². The van der Waals surface area contributed by atoms with E-state index >= 15 is 0 Å². The Kier molecular flexibility index (Phi) is 2.72. The van der Waals surface area contributed by atoms with Crippen molar-refractivity contribution in [2.45, 2.75) is 12.8 Å². The molecule has 0 radical (unpaired) electrons. The summed E-state index contributed by atoms with van der Waals surface area (Å²) in [5.74, 6) is -1.06. The van der Waals surface area contributed by atoms with Gasteiger partial charge in [-0.2, -0.15) is 0 Å². The van der Waals surface area contributed by atoms with Crippen molar-refractivity contribution in [2.24, 2.45) is 0 Å². The summed E-state index contributed by atoms with van der Waals surface area (Å²) in [5, 5.41) is 0. The second-order valence-corrected chi connectivity index (χ2v) is 4.21. The number of benzene rings is 1. The van der Waals surface area contributed by atoms with Gasteiger partial charge in [0.05, 0.1) is 10.2 Å². The van der Waals surface area contributed by atoms with Crippen LogP contribution in [0.4, 0.5) is 14.5 Å². The molecule has 1 aliphatic heterocycles. The number of halogens is 3. The van der Waals surface area contributed by atoms with Gasteiger partial charge in [-0.1, -0.05) is 0 Å². The maximum atomic E-state index is 13.2. The second-order valence-electron chi connectivity index (χ2n) is 3.41.